The fourth-order valence-corrected chi connectivity index (χ4v) is 2.43. The van der Waals surface area contributed by atoms with E-state index in [0.29, 0.717) is 35.6 Å². The van der Waals surface area contributed by atoms with Crippen LogP contribution in [0.3, 0.4) is 0 Å². The van der Waals surface area contributed by atoms with Crippen LogP contribution in [0.25, 0.3) is 11.6 Å². The van der Waals surface area contributed by atoms with E-state index in [9.17, 15) is 4.79 Å². The summed E-state index contributed by atoms with van der Waals surface area (Å²) in [6.07, 6.45) is 3.34. The number of aromatic nitrogens is 3. The highest BCUT2D eigenvalue weighted by atomic mass is 32.2. The largest absolute Gasteiger partial charge is 0.461 e. The number of amides is 1. The van der Waals surface area contributed by atoms with Crippen molar-refractivity contribution in [3.8, 4) is 11.6 Å². The fourth-order valence-electron chi connectivity index (χ4n) is 1.66. The van der Waals surface area contributed by atoms with Gasteiger partial charge in [-0.2, -0.15) is 0 Å². The van der Waals surface area contributed by atoms with Crippen molar-refractivity contribution in [1.82, 2.24) is 20.1 Å². The Bertz CT molecular complexity index is 577. The van der Waals surface area contributed by atoms with Gasteiger partial charge in [0.25, 0.3) is 0 Å². The number of carbonyl (C=O) groups excluding carboxylic acids is 1. The van der Waals surface area contributed by atoms with Crippen LogP contribution in [-0.4, -0.2) is 33.0 Å². The van der Waals surface area contributed by atoms with E-state index in [1.807, 2.05) is 17.6 Å². The third kappa shape index (κ3) is 3.30. The average molecular weight is 292 g/mol. The monoisotopic (exact) mass is 292 g/mol. The molecule has 6 nitrogen and oxygen atoms in total. The molecule has 0 bridgehead atoms. The van der Waals surface area contributed by atoms with Gasteiger partial charge >= 0.3 is 0 Å². The van der Waals surface area contributed by atoms with Crippen LogP contribution < -0.4 is 5.32 Å². The van der Waals surface area contributed by atoms with Gasteiger partial charge in [-0.3, -0.25) is 9.36 Å². The highest BCUT2D eigenvalue weighted by Gasteiger charge is 2.16. The molecule has 0 aliphatic carbocycles. The minimum absolute atomic E-state index is 0.0230. The second-order valence-electron chi connectivity index (χ2n) is 3.92. The van der Waals surface area contributed by atoms with Gasteiger partial charge in [0.1, 0.15) is 0 Å². The summed E-state index contributed by atoms with van der Waals surface area (Å²) in [6, 6.07) is 3.62. The second-order valence-corrected chi connectivity index (χ2v) is 4.87. The molecule has 0 fully saturated rings. The summed E-state index contributed by atoms with van der Waals surface area (Å²) in [7, 11) is 0. The molecule has 0 saturated heterocycles. The van der Waals surface area contributed by atoms with E-state index < -0.39 is 0 Å². The molecule has 0 spiro atoms. The maximum atomic E-state index is 11.5. The first-order valence-electron chi connectivity index (χ1n) is 6.23. The number of furan rings is 1. The average Bonchev–Trinajstić information content (AvgIpc) is 3.06. The zero-order valence-electron chi connectivity index (χ0n) is 11.2. The molecule has 0 saturated carbocycles. The Hall–Kier alpha value is -2.02. The van der Waals surface area contributed by atoms with E-state index in [1.54, 1.807) is 18.4 Å². The van der Waals surface area contributed by atoms with Crippen molar-refractivity contribution in [2.24, 2.45) is 0 Å². The zero-order valence-corrected chi connectivity index (χ0v) is 12.0. The molecular formula is C13H16N4O2S. The molecule has 2 aromatic heterocycles. The first kappa shape index (κ1) is 14.4. The Labute approximate surface area is 121 Å². The van der Waals surface area contributed by atoms with Gasteiger partial charge in [-0.05, 0) is 19.1 Å². The van der Waals surface area contributed by atoms with Crippen LogP contribution in [0.5, 0.6) is 0 Å². The van der Waals surface area contributed by atoms with E-state index in [0.717, 1.165) is 0 Å². The minimum atomic E-state index is -0.0230. The van der Waals surface area contributed by atoms with Crippen molar-refractivity contribution >= 4 is 17.7 Å². The van der Waals surface area contributed by atoms with Gasteiger partial charge in [0.2, 0.25) is 11.7 Å². The summed E-state index contributed by atoms with van der Waals surface area (Å²) in [6.45, 7) is 6.79. The Morgan fingerprint density at radius 2 is 2.45 bits per heavy atom. The molecule has 7 heteroatoms. The molecule has 0 aliphatic rings. The maximum absolute atomic E-state index is 11.5. The number of hydrogen-bond donors (Lipinski definition) is 1. The van der Waals surface area contributed by atoms with Crippen LogP contribution >= 0.6 is 11.8 Å². The summed E-state index contributed by atoms with van der Waals surface area (Å²) in [5.41, 5.74) is 0. The fraction of sp³-hybridized carbons (Fsp3) is 0.308. The molecule has 2 aromatic rings. The van der Waals surface area contributed by atoms with Gasteiger partial charge in [-0.1, -0.05) is 17.8 Å². The predicted molar refractivity (Wildman–Crippen MR) is 77.3 cm³/mol. The number of nitrogens with one attached hydrogen (secondary N) is 1. The molecule has 0 atom stereocenters. The van der Waals surface area contributed by atoms with Crippen molar-refractivity contribution in [2.45, 2.75) is 18.6 Å². The standard InChI is InChI=1S/C13H16N4O2S/c1-3-7-17-12(10-6-5-8-19-10)15-16-13(17)20-9-11(18)14-4-2/h3,5-6,8H,1,4,7,9H2,2H3,(H,14,18). The van der Waals surface area contributed by atoms with E-state index in [-0.39, 0.29) is 5.91 Å². The first-order chi connectivity index (χ1) is 9.76. The summed E-state index contributed by atoms with van der Waals surface area (Å²) in [5.74, 6) is 1.56. The van der Waals surface area contributed by atoms with Crippen molar-refractivity contribution in [3.05, 3.63) is 31.1 Å². The number of allylic oxidation sites excluding steroid dienone is 1. The van der Waals surface area contributed by atoms with Crippen LogP contribution in [-0.2, 0) is 11.3 Å². The van der Waals surface area contributed by atoms with Crippen LogP contribution in [0.15, 0.2) is 40.6 Å². The molecule has 2 rings (SSSR count). The maximum Gasteiger partial charge on any atom is 0.230 e. The van der Waals surface area contributed by atoms with Gasteiger partial charge < -0.3 is 9.73 Å². The molecule has 0 unspecified atom stereocenters. The van der Waals surface area contributed by atoms with Crippen LogP contribution in [0.2, 0.25) is 0 Å². The van der Waals surface area contributed by atoms with Crippen LogP contribution in [0.4, 0.5) is 0 Å². The highest BCUT2D eigenvalue weighted by Crippen LogP contribution is 2.24. The molecular weight excluding hydrogens is 276 g/mol. The van der Waals surface area contributed by atoms with E-state index in [4.69, 9.17) is 4.42 Å². The lowest BCUT2D eigenvalue weighted by atomic mass is 10.4. The number of carbonyl (C=O) groups is 1. The van der Waals surface area contributed by atoms with Crippen molar-refractivity contribution in [3.63, 3.8) is 0 Å². The lowest BCUT2D eigenvalue weighted by Gasteiger charge is -2.06. The van der Waals surface area contributed by atoms with E-state index in [1.165, 1.54) is 11.8 Å². The Balaban J connectivity index is 2.17. The van der Waals surface area contributed by atoms with E-state index in [2.05, 4.69) is 22.1 Å². The Morgan fingerprint density at radius 1 is 1.60 bits per heavy atom. The lowest BCUT2D eigenvalue weighted by Crippen LogP contribution is -2.24. The highest BCUT2D eigenvalue weighted by molar-refractivity contribution is 7.99. The molecule has 2 heterocycles. The van der Waals surface area contributed by atoms with E-state index >= 15 is 0 Å². The summed E-state index contributed by atoms with van der Waals surface area (Å²) in [5, 5.41) is 11.6. The number of rotatable bonds is 7. The smallest absolute Gasteiger partial charge is 0.230 e. The third-order valence-electron chi connectivity index (χ3n) is 2.48. The lowest BCUT2D eigenvalue weighted by molar-refractivity contribution is -0.118. The summed E-state index contributed by atoms with van der Waals surface area (Å²) in [4.78, 5) is 11.5. The topological polar surface area (TPSA) is 73.0 Å². The normalized spacial score (nSPS) is 10.4. The molecule has 0 aliphatic heterocycles. The van der Waals surface area contributed by atoms with Gasteiger partial charge in [0.15, 0.2) is 10.9 Å². The molecule has 1 N–H and O–H groups in total. The van der Waals surface area contributed by atoms with Crippen molar-refractivity contribution < 1.29 is 9.21 Å². The van der Waals surface area contributed by atoms with Crippen LogP contribution in [0, 0.1) is 0 Å². The molecule has 1 amide bonds. The van der Waals surface area contributed by atoms with Gasteiger partial charge in [-0.25, -0.2) is 0 Å². The summed E-state index contributed by atoms with van der Waals surface area (Å²) < 4.78 is 7.21. The quantitative estimate of drug-likeness (QED) is 0.624. The number of hydrogen-bond acceptors (Lipinski definition) is 5. The second kappa shape index (κ2) is 6.95. The molecule has 0 aromatic carbocycles. The molecule has 0 radical (unpaired) electrons. The van der Waals surface area contributed by atoms with Gasteiger partial charge in [0, 0.05) is 13.1 Å². The van der Waals surface area contributed by atoms with Crippen molar-refractivity contribution in [2.75, 3.05) is 12.3 Å². The third-order valence-corrected chi connectivity index (χ3v) is 3.44. The number of nitrogens with zero attached hydrogens (tertiary/aromatic N) is 3. The zero-order chi connectivity index (χ0) is 14.4. The predicted octanol–water partition coefficient (Wildman–Crippen LogP) is 1.95. The Kier molecular flexibility index (Phi) is 5.00. The minimum Gasteiger partial charge on any atom is -0.461 e. The van der Waals surface area contributed by atoms with Gasteiger partial charge in [-0.15, -0.1) is 16.8 Å². The SMILES string of the molecule is C=CCn1c(SCC(=O)NCC)nnc1-c1ccco1. The molecule has 20 heavy (non-hydrogen) atoms. The van der Waals surface area contributed by atoms with Gasteiger partial charge in [0.05, 0.1) is 12.0 Å². The number of thioether (sulfide) groups is 1. The Morgan fingerprint density at radius 3 is 3.10 bits per heavy atom. The first-order valence-corrected chi connectivity index (χ1v) is 7.22. The van der Waals surface area contributed by atoms with Crippen molar-refractivity contribution in [1.29, 1.82) is 0 Å². The summed E-state index contributed by atoms with van der Waals surface area (Å²) >= 11 is 1.34. The molecule has 106 valence electrons. The van der Waals surface area contributed by atoms with Crippen LogP contribution in [0.1, 0.15) is 6.92 Å².